The van der Waals surface area contributed by atoms with Gasteiger partial charge in [0.2, 0.25) is 0 Å². The molecule has 0 atom stereocenters. The van der Waals surface area contributed by atoms with Crippen LogP contribution >= 0.6 is 11.8 Å². The smallest absolute Gasteiger partial charge is 0.306 e. The van der Waals surface area contributed by atoms with Crippen molar-refractivity contribution in [3.05, 3.63) is 64.4 Å². The van der Waals surface area contributed by atoms with Crippen LogP contribution in [0.2, 0.25) is 0 Å². The van der Waals surface area contributed by atoms with E-state index in [9.17, 15) is 9.59 Å². The first-order valence-corrected chi connectivity index (χ1v) is 8.87. The summed E-state index contributed by atoms with van der Waals surface area (Å²) in [5, 5.41) is 1.14. The average molecular weight is 354 g/mol. The topological polar surface area (TPSA) is 61.2 Å². The standard InChI is InChI=1S/C19H18N2O3S/c1-13-7-9-14(10-8-13)21-18(23)15-5-3-4-6-16(15)20-19(21)25-12-11-17(22)24-2/h3-10H,11-12H2,1-2H3. The normalized spacial score (nSPS) is 10.8. The van der Waals surface area contributed by atoms with Crippen LogP contribution in [0.15, 0.2) is 58.5 Å². The van der Waals surface area contributed by atoms with Gasteiger partial charge in [0.1, 0.15) is 0 Å². The molecule has 0 N–H and O–H groups in total. The number of aryl methyl sites for hydroxylation is 1. The summed E-state index contributed by atoms with van der Waals surface area (Å²) in [6.07, 6.45) is 0.262. The van der Waals surface area contributed by atoms with Crippen molar-refractivity contribution in [3.63, 3.8) is 0 Å². The number of rotatable bonds is 5. The van der Waals surface area contributed by atoms with E-state index in [1.165, 1.54) is 18.9 Å². The molecule has 128 valence electrons. The lowest BCUT2D eigenvalue weighted by atomic mass is 10.2. The fourth-order valence-corrected chi connectivity index (χ4v) is 3.39. The first-order chi connectivity index (χ1) is 12.1. The van der Waals surface area contributed by atoms with Crippen molar-refractivity contribution >= 4 is 28.6 Å². The molecule has 2 aromatic carbocycles. The van der Waals surface area contributed by atoms with Gasteiger partial charge in [0.15, 0.2) is 5.16 Å². The predicted molar refractivity (Wildman–Crippen MR) is 99.4 cm³/mol. The van der Waals surface area contributed by atoms with Crippen LogP contribution < -0.4 is 5.56 Å². The van der Waals surface area contributed by atoms with Crippen LogP contribution in [0, 0.1) is 6.92 Å². The number of hydrogen-bond acceptors (Lipinski definition) is 5. The van der Waals surface area contributed by atoms with Crippen molar-refractivity contribution in [2.75, 3.05) is 12.9 Å². The number of esters is 1. The maximum atomic E-state index is 13.0. The predicted octanol–water partition coefficient (Wildman–Crippen LogP) is 3.35. The zero-order valence-electron chi connectivity index (χ0n) is 14.1. The molecule has 1 heterocycles. The summed E-state index contributed by atoms with van der Waals surface area (Å²) >= 11 is 1.37. The molecule has 0 aliphatic heterocycles. The Morgan fingerprint density at radius 2 is 1.88 bits per heavy atom. The number of nitrogens with zero attached hydrogens (tertiary/aromatic N) is 2. The second-order valence-electron chi connectivity index (χ2n) is 5.56. The summed E-state index contributed by atoms with van der Waals surface area (Å²) in [5.41, 5.74) is 2.41. The third-order valence-corrected chi connectivity index (χ3v) is 4.74. The Balaban J connectivity index is 2.09. The zero-order chi connectivity index (χ0) is 17.8. The Kier molecular flexibility index (Phi) is 5.19. The molecule has 0 saturated carbocycles. The minimum Gasteiger partial charge on any atom is -0.469 e. The van der Waals surface area contributed by atoms with Crippen molar-refractivity contribution in [1.82, 2.24) is 9.55 Å². The number of para-hydroxylation sites is 1. The number of carbonyl (C=O) groups is 1. The third-order valence-electron chi connectivity index (χ3n) is 3.80. The van der Waals surface area contributed by atoms with Gasteiger partial charge in [-0.1, -0.05) is 41.6 Å². The van der Waals surface area contributed by atoms with Gasteiger partial charge < -0.3 is 4.74 Å². The number of benzene rings is 2. The van der Waals surface area contributed by atoms with Crippen LogP contribution in [0.4, 0.5) is 0 Å². The number of aromatic nitrogens is 2. The van der Waals surface area contributed by atoms with Crippen LogP contribution in [0.3, 0.4) is 0 Å². The first kappa shape index (κ1) is 17.2. The van der Waals surface area contributed by atoms with E-state index in [4.69, 9.17) is 0 Å². The van der Waals surface area contributed by atoms with Gasteiger partial charge in [-0.3, -0.25) is 14.2 Å². The molecule has 0 radical (unpaired) electrons. The number of carbonyl (C=O) groups excluding carboxylic acids is 1. The van der Waals surface area contributed by atoms with Crippen molar-refractivity contribution in [3.8, 4) is 5.69 Å². The molecule has 3 rings (SSSR count). The third kappa shape index (κ3) is 3.74. The molecule has 0 saturated heterocycles. The molecule has 0 spiro atoms. The molecule has 0 fully saturated rings. The first-order valence-electron chi connectivity index (χ1n) is 7.88. The lowest BCUT2D eigenvalue weighted by Gasteiger charge is -2.13. The Morgan fingerprint density at radius 3 is 2.60 bits per heavy atom. The highest BCUT2D eigenvalue weighted by Gasteiger charge is 2.13. The van der Waals surface area contributed by atoms with Crippen molar-refractivity contribution in [2.24, 2.45) is 0 Å². The van der Waals surface area contributed by atoms with Gasteiger partial charge in [0.25, 0.3) is 5.56 Å². The quantitative estimate of drug-likeness (QED) is 0.399. The van der Waals surface area contributed by atoms with Crippen LogP contribution in [0.5, 0.6) is 0 Å². The molecule has 0 unspecified atom stereocenters. The van der Waals surface area contributed by atoms with Gasteiger partial charge in [-0.15, -0.1) is 0 Å². The monoisotopic (exact) mass is 354 g/mol. The van der Waals surface area contributed by atoms with E-state index in [1.807, 2.05) is 49.4 Å². The van der Waals surface area contributed by atoms with Gasteiger partial charge >= 0.3 is 5.97 Å². The fourth-order valence-electron chi connectivity index (χ4n) is 2.46. The molecule has 0 bridgehead atoms. The summed E-state index contributed by atoms with van der Waals surface area (Å²) in [5.74, 6) is 0.209. The maximum Gasteiger partial charge on any atom is 0.306 e. The largest absolute Gasteiger partial charge is 0.469 e. The summed E-state index contributed by atoms with van der Waals surface area (Å²) in [7, 11) is 1.36. The van der Waals surface area contributed by atoms with Crippen molar-refractivity contribution < 1.29 is 9.53 Å². The lowest BCUT2D eigenvalue weighted by molar-refractivity contribution is -0.140. The highest BCUT2D eigenvalue weighted by Crippen LogP contribution is 2.22. The van der Waals surface area contributed by atoms with E-state index in [-0.39, 0.29) is 17.9 Å². The molecule has 25 heavy (non-hydrogen) atoms. The van der Waals surface area contributed by atoms with Crippen LogP contribution in [0.1, 0.15) is 12.0 Å². The summed E-state index contributed by atoms with van der Waals surface area (Å²) in [6, 6.07) is 15.0. The molecule has 0 aliphatic rings. The summed E-state index contributed by atoms with van der Waals surface area (Å²) < 4.78 is 6.27. The lowest BCUT2D eigenvalue weighted by Crippen LogP contribution is -2.22. The maximum absolute atomic E-state index is 13.0. The van der Waals surface area contributed by atoms with E-state index < -0.39 is 0 Å². The van der Waals surface area contributed by atoms with Crippen LogP contribution in [-0.2, 0) is 9.53 Å². The molecule has 3 aromatic rings. The molecule has 5 nitrogen and oxygen atoms in total. The SMILES string of the molecule is COC(=O)CCSc1nc2ccccc2c(=O)n1-c1ccc(C)cc1. The minimum atomic E-state index is -0.280. The highest BCUT2D eigenvalue weighted by atomic mass is 32.2. The van der Waals surface area contributed by atoms with E-state index in [0.717, 1.165) is 11.3 Å². The second-order valence-corrected chi connectivity index (χ2v) is 6.62. The number of fused-ring (bicyclic) bond motifs is 1. The highest BCUT2D eigenvalue weighted by molar-refractivity contribution is 7.99. The molecular weight excluding hydrogens is 336 g/mol. The molecular formula is C19H18N2O3S. The number of hydrogen-bond donors (Lipinski definition) is 0. The average Bonchev–Trinajstić information content (AvgIpc) is 2.63. The molecule has 1 aromatic heterocycles. The van der Waals surface area contributed by atoms with Crippen LogP contribution in [0.25, 0.3) is 16.6 Å². The summed E-state index contributed by atoms with van der Waals surface area (Å²) in [6.45, 7) is 2.00. The van der Waals surface area contributed by atoms with E-state index in [0.29, 0.717) is 21.8 Å². The van der Waals surface area contributed by atoms with Gasteiger partial charge in [-0.25, -0.2) is 4.98 Å². The Morgan fingerprint density at radius 1 is 1.16 bits per heavy atom. The Hall–Kier alpha value is -2.60. The fraction of sp³-hybridized carbons (Fsp3) is 0.211. The van der Waals surface area contributed by atoms with Gasteiger partial charge in [-0.05, 0) is 31.2 Å². The van der Waals surface area contributed by atoms with E-state index >= 15 is 0 Å². The van der Waals surface area contributed by atoms with Crippen molar-refractivity contribution in [2.45, 2.75) is 18.5 Å². The Labute approximate surface area is 149 Å². The van der Waals surface area contributed by atoms with E-state index in [2.05, 4.69) is 9.72 Å². The van der Waals surface area contributed by atoms with Crippen molar-refractivity contribution in [1.29, 1.82) is 0 Å². The number of ether oxygens (including phenoxy) is 1. The zero-order valence-corrected chi connectivity index (χ0v) is 14.9. The van der Waals surface area contributed by atoms with Gasteiger partial charge in [0, 0.05) is 5.75 Å². The summed E-state index contributed by atoms with van der Waals surface area (Å²) in [4.78, 5) is 29.0. The molecule has 6 heteroatoms. The second kappa shape index (κ2) is 7.53. The van der Waals surface area contributed by atoms with Gasteiger partial charge in [0.05, 0.1) is 30.1 Å². The number of methoxy groups -OCH3 is 1. The van der Waals surface area contributed by atoms with Gasteiger partial charge in [-0.2, -0.15) is 0 Å². The molecule has 0 aliphatic carbocycles. The van der Waals surface area contributed by atoms with E-state index in [1.54, 1.807) is 10.6 Å². The molecule has 0 amide bonds. The number of thioether (sulfide) groups is 1. The minimum absolute atomic E-state index is 0.116. The Bertz CT molecular complexity index is 965. The van der Waals surface area contributed by atoms with Crippen LogP contribution in [-0.4, -0.2) is 28.4 Å².